The van der Waals surface area contributed by atoms with Gasteiger partial charge in [0, 0.05) is 46.8 Å². The van der Waals surface area contributed by atoms with Crippen molar-refractivity contribution in [2.75, 3.05) is 23.7 Å². The first-order valence-corrected chi connectivity index (χ1v) is 14.5. The molecule has 3 heterocycles. The number of ether oxygens (including phenoxy) is 1. The number of nitrogens with zero attached hydrogens (tertiary/aromatic N) is 3. The number of nitrogens with one attached hydrogen (secondary N) is 1. The summed E-state index contributed by atoms with van der Waals surface area (Å²) in [6, 6.07) is 11.3. The molecule has 220 valence electrons. The van der Waals surface area contributed by atoms with Crippen molar-refractivity contribution >= 4 is 28.5 Å². The lowest BCUT2D eigenvalue weighted by Gasteiger charge is -2.37. The van der Waals surface area contributed by atoms with Crippen molar-refractivity contribution in [3.05, 3.63) is 82.3 Å². The molecule has 0 bridgehead atoms. The van der Waals surface area contributed by atoms with Crippen LogP contribution in [-0.4, -0.2) is 46.6 Å². The summed E-state index contributed by atoms with van der Waals surface area (Å²) in [5.74, 6) is -0.268. The zero-order valence-corrected chi connectivity index (χ0v) is 23.5. The molecule has 1 aromatic heterocycles. The number of halogens is 5. The normalized spacial score (nSPS) is 20.9. The number of alkyl halides is 3. The van der Waals surface area contributed by atoms with Crippen molar-refractivity contribution in [3.8, 4) is 16.9 Å². The Morgan fingerprint density at radius 3 is 2.19 bits per heavy atom. The third-order valence-electron chi connectivity index (χ3n) is 7.41. The molecule has 1 fully saturated rings. The Bertz CT molecular complexity index is 1680. The van der Waals surface area contributed by atoms with Crippen molar-refractivity contribution in [1.29, 1.82) is 0 Å². The predicted molar refractivity (Wildman–Crippen MR) is 152 cm³/mol. The van der Waals surface area contributed by atoms with Gasteiger partial charge in [0.1, 0.15) is 29.3 Å². The Hall–Kier alpha value is -3.64. The van der Waals surface area contributed by atoms with E-state index in [0.717, 1.165) is 30.0 Å². The van der Waals surface area contributed by atoms with Gasteiger partial charge in [0.05, 0.1) is 17.6 Å². The smallest absolute Gasteiger partial charge is 0.417 e. The molecule has 4 aromatic rings. The van der Waals surface area contributed by atoms with Gasteiger partial charge in [0.2, 0.25) is 0 Å². The maximum absolute atomic E-state index is 14.8. The van der Waals surface area contributed by atoms with Gasteiger partial charge in [-0.3, -0.25) is 4.57 Å². The average molecular weight is 603 g/mol. The van der Waals surface area contributed by atoms with E-state index in [9.17, 15) is 26.7 Å². The summed E-state index contributed by atoms with van der Waals surface area (Å²) in [6.45, 7) is 4.85. The molecular formula is C30H27F5N4O2S. The molecule has 1 saturated heterocycles. The second kappa shape index (κ2) is 10.9. The quantitative estimate of drug-likeness (QED) is 0.285. The second-order valence-corrected chi connectivity index (χ2v) is 11.8. The fourth-order valence-electron chi connectivity index (χ4n) is 5.78. The molecular weight excluding hydrogens is 575 g/mol. The van der Waals surface area contributed by atoms with E-state index in [-0.39, 0.29) is 51.6 Å². The summed E-state index contributed by atoms with van der Waals surface area (Å²) in [4.78, 5) is 20.1. The van der Waals surface area contributed by atoms with Crippen LogP contribution >= 0.6 is 11.8 Å². The molecule has 6 nitrogen and oxygen atoms in total. The molecule has 0 radical (unpaired) electrons. The lowest BCUT2D eigenvalue weighted by atomic mass is 9.96. The highest BCUT2D eigenvalue weighted by molar-refractivity contribution is 7.99. The van der Waals surface area contributed by atoms with Gasteiger partial charge >= 0.3 is 11.9 Å². The van der Waals surface area contributed by atoms with E-state index in [4.69, 9.17) is 4.74 Å². The van der Waals surface area contributed by atoms with E-state index in [1.807, 2.05) is 18.7 Å². The molecule has 0 saturated carbocycles. The van der Waals surface area contributed by atoms with Gasteiger partial charge in [-0.05, 0) is 61.9 Å². The average Bonchev–Trinajstić information content (AvgIpc) is 3.12. The zero-order chi connectivity index (χ0) is 29.8. The highest BCUT2D eigenvalue weighted by Crippen LogP contribution is 2.48. The van der Waals surface area contributed by atoms with Crippen LogP contribution in [-0.2, 0) is 12.7 Å². The van der Waals surface area contributed by atoms with Crippen LogP contribution in [0.15, 0.2) is 64.3 Å². The molecule has 0 amide bonds. The molecule has 3 aromatic carbocycles. The minimum Gasteiger partial charge on any atom is -0.488 e. The number of piperazine rings is 1. The Labute approximate surface area is 242 Å². The van der Waals surface area contributed by atoms with Crippen LogP contribution in [0.2, 0.25) is 0 Å². The molecule has 0 unspecified atom stereocenters. The van der Waals surface area contributed by atoms with Crippen molar-refractivity contribution in [2.24, 2.45) is 0 Å². The first-order chi connectivity index (χ1) is 20.0. The van der Waals surface area contributed by atoms with Crippen LogP contribution in [0.1, 0.15) is 19.4 Å². The Balaban J connectivity index is 1.60. The second-order valence-electron chi connectivity index (χ2n) is 10.7. The molecule has 1 N–H and O–H groups in total. The molecule has 6 rings (SSSR count). The lowest BCUT2D eigenvalue weighted by molar-refractivity contribution is -0.137. The van der Waals surface area contributed by atoms with E-state index >= 15 is 0 Å². The first kappa shape index (κ1) is 28.5. The van der Waals surface area contributed by atoms with Gasteiger partial charge in [-0.15, -0.1) is 11.8 Å². The lowest BCUT2D eigenvalue weighted by Crippen LogP contribution is -2.55. The third kappa shape index (κ3) is 5.45. The highest BCUT2D eigenvalue weighted by Gasteiger charge is 2.39. The maximum Gasteiger partial charge on any atom is 0.417 e. The standard InChI is InChI=1S/C30H27F5N4O2S/c1-16-12-38(13-17(2)36-16)28-23-11-24(30(33,34)35)25(18-3-5-19(31)6-4-18)27-26(23)39(29(40)37-28)14-22(15-42-27)41-21-9-7-20(32)8-10-21/h3-11,16-17,22,36H,12-15H2,1-2H3/t16-,17+,22-/m0/s1. The monoisotopic (exact) mass is 602 g/mol. The number of aromatic nitrogens is 2. The number of benzene rings is 3. The van der Waals surface area contributed by atoms with Crippen LogP contribution in [0.4, 0.5) is 27.8 Å². The third-order valence-corrected chi connectivity index (χ3v) is 8.63. The van der Waals surface area contributed by atoms with Crippen molar-refractivity contribution in [3.63, 3.8) is 0 Å². The van der Waals surface area contributed by atoms with Gasteiger partial charge < -0.3 is 15.0 Å². The highest BCUT2D eigenvalue weighted by atomic mass is 32.2. The van der Waals surface area contributed by atoms with E-state index in [1.165, 1.54) is 41.0 Å². The van der Waals surface area contributed by atoms with Crippen LogP contribution in [0, 0.1) is 11.6 Å². The van der Waals surface area contributed by atoms with Gasteiger partial charge in [0.25, 0.3) is 0 Å². The minimum absolute atomic E-state index is 0.0164. The van der Waals surface area contributed by atoms with Gasteiger partial charge in [-0.2, -0.15) is 18.2 Å². The van der Waals surface area contributed by atoms with Gasteiger partial charge in [0.15, 0.2) is 0 Å². The van der Waals surface area contributed by atoms with E-state index in [2.05, 4.69) is 10.3 Å². The number of hydrogen-bond donors (Lipinski definition) is 1. The number of anilines is 1. The van der Waals surface area contributed by atoms with Crippen molar-refractivity contribution in [1.82, 2.24) is 14.9 Å². The van der Waals surface area contributed by atoms with E-state index in [0.29, 0.717) is 24.4 Å². The van der Waals surface area contributed by atoms with Crippen molar-refractivity contribution < 1.29 is 26.7 Å². The molecule has 2 aliphatic heterocycles. The number of thioether (sulfide) groups is 1. The summed E-state index contributed by atoms with van der Waals surface area (Å²) in [5.41, 5.74) is -1.14. The van der Waals surface area contributed by atoms with Crippen molar-refractivity contribution in [2.45, 2.75) is 49.7 Å². The van der Waals surface area contributed by atoms with Gasteiger partial charge in [-0.1, -0.05) is 12.1 Å². The van der Waals surface area contributed by atoms with E-state index in [1.54, 1.807) is 0 Å². The summed E-state index contributed by atoms with van der Waals surface area (Å²) in [6.07, 6.45) is -5.40. The molecule has 42 heavy (non-hydrogen) atoms. The van der Waals surface area contributed by atoms with Crippen LogP contribution in [0.3, 0.4) is 0 Å². The van der Waals surface area contributed by atoms with Crippen LogP contribution in [0.5, 0.6) is 5.75 Å². The predicted octanol–water partition coefficient (Wildman–Crippen LogP) is 6.10. The minimum atomic E-state index is -4.76. The first-order valence-electron chi connectivity index (χ1n) is 13.5. The summed E-state index contributed by atoms with van der Waals surface area (Å²) < 4.78 is 79.2. The number of hydrogen-bond acceptors (Lipinski definition) is 6. The Kier molecular flexibility index (Phi) is 7.38. The zero-order valence-electron chi connectivity index (χ0n) is 22.7. The van der Waals surface area contributed by atoms with Crippen LogP contribution < -0.4 is 20.6 Å². The molecule has 12 heteroatoms. The Morgan fingerprint density at radius 1 is 0.952 bits per heavy atom. The van der Waals surface area contributed by atoms with Gasteiger partial charge in [-0.25, -0.2) is 13.6 Å². The fraction of sp³-hybridized carbons (Fsp3) is 0.333. The fourth-order valence-corrected chi connectivity index (χ4v) is 7.04. The maximum atomic E-state index is 14.8. The number of rotatable bonds is 4. The molecule has 2 aliphatic rings. The largest absolute Gasteiger partial charge is 0.488 e. The molecule has 3 atom stereocenters. The van der Waals surface area contributed by atoms with Crippen LogP contribution in [0.25, 0.3) is 22.0 Å². The topological polar surface area (TPSA) is 59.4 Å². The summed E-state index contributed by atoms with van der Waals surface area (Å²) >= 11 is 1.14. The SMILES string of the molecule is C[C@@H]1CN(c2nc(=O)n3c4c(c(-c5ccc(F)cc5)c(C(F)(F)F)cc24)SC[C@@H](Oc2ccc(F)cc2)C3)C[C@H](C)N1. The summed E-state index contributed by atoms with van der Waals surface area (Å²) in [5, 5.41) is 3.60. The Morgan fingerprint density at radius 2 is 1.57 bits per heavy atom. The molecule has 0 aliphatic carbocycles. The molecule has 0 spiro atoms. The van der Waals surface area contributed by atoms with E-state index < -0.39 is 35.2 Å². The summed E-state index contributed by atoms with van der Waals surface area (Å²) in [7, 11) is 0.